The van der Waals surface area contributed by atoms with Crippen LogP contribution in [0.5, 0.6) is 0 Å². The van der Waals surface area contributed by atoms with Crippen LogP contribution in [0.15, 0.2) is 42.5 Å². The lowest BCUT2D eigenvalue weighted by Gasteiger charge is -2.25. The Hall–Kier alpha value is -1.74. The highest BCUT2D eigenvalue weighted by Gasteiger charge is 2.23. The van der Waals surface area contributed by atoms with Crippen molar-refractivity contribution in [1.82, 2.24) is 0 Å². The average Bonchev–Trinajstić information content (AvgIpc) is 2.38. The maximum Gasteiger partial charge on any atom is 0.126 e. The van der Waals surface area contributed by atoms with E-state index in [1.165, 1.54) is 17.7 Å². The average molecular weight is 275 g/mol. The molecule has 3 heteroatoms. The quantitative estimate of drug-likeness (QED) is 0.898. The molecule has 0 spiro atoms. The minimum Gasteiger partial charge on any atom is -0.321 e. The number of nitrogens with two attached hydrogens (primary N) is 1. The van der Waals surface area contributed by atoms with E-state index in [-0.39, 0.29) is 0 Å². The second-order valence-corrected chi connectivity index (χ2v) is 5.42. The molecule has 1 unspecified atom stereocenters. The highest BCUT2D eigenvalue weighted by atomic mass is 19.1. The predicted molar refractivity (Wildman–Crippen MR) is 77.4 cm³/mol. The topological polar surface area (TPSA) is 26.0 Å². The second kappa shape index (κ2) is 5.71. The van der Waals surface area contributed by atoms with Crippen LogP contribution in [-0.4, -0.2) is 0 Å². The van der Waals surface area contributed by atoms with Crippen LogP contribution in [-0.2, 0) is 18.4 Å². The second-order valence-electron chi connectivity index (χ2n) is 5.42. The number of rotatable bonds is 4. The van der Waals surface area contributed by atoms with Gasteiger partial charge < -0.3 is 5.73 Å². The fourth-order valence-electron chi connectivity index (χ4n) is 2.30. The van der Waals surface area contributed by atoms with Gasteiger partial charge in [0.1, 0.15) is 11.6 Å². The first-order valence-electron chi connectivity index (χ1n) is 6.74. The summed E-state index contributed by atoms with van der Waals surface area (Å²) in [4.78, 5) is 0. The molecule has 1 nitrogen and oxygen atoms in total. The lowest BCUT2D eigenvalue weighted by atomic mass is 9.86. The van der Waals surface area contributed by atoms with E-state index in [1.54, 1.807) is 6.92 Å². The summed E-state index contributed by atoms with van der Waals surface area (Å²) in [7, 11) is 0. The Balaban J connectivity index is 2.24. The highest BCUT2D eigenvalue weighted by Crippen LogP contribution is 2.24. The van der Waals surface area contributed by atoms with Crippen LogP contribution in [0.4, 0.5) is 8.78 Å². The molecule has 0 fully saturated rings. The van der Waals surface area contributed by atoms with Crippen molar-refractivity contribution >= 4 is 0 Å². The number of halogens is 2. The molecule has 0 saturated heterocycles. The van der Waals surface area contributed by atoms with Crippen molar-refractivity contribution in [3.8, 4) is 0 Å². The van der Waals surface area contributed by atoms with Crippen molar-refractivity contribution in [1.29, 1.82) is 0 Å². The maximum atomic E-state index is 13.3. The first kappa shape index (κ1) is 14.7. The lowest BCUT2D eigenvalue weighted by molar-refractivity contribution is 0.478. The fourth-order valence-corrected chi connectivity index (χ4v) is 2.30. The van der Waals surface area contributed by atoms with Crippen molar-refractivity contribution in [2.75, 3.05) is 0 Å². The van der Waals surface area contributed by atoms with Gasteiger partial charge in [-0.25, -0.2) is 8.78 Å². The Morgan fingerprint density at radius 1 is 0.950 bits per heavy atom. The SMILES string of the molecule is CCc1ccc(CC(C)(N)c2cc(F)cc(F)c2)cc1. The molecule has 0 aliphatic carbocycles. The molecule has 2 rings (SSSR count). The van der Waals surface area contributed by atoms with E-state index in [0.717, 1.165) is 18.1 Å². The molecule has 0 bridgehead atoms. The molecule has 0 amide bonds. The van der Waals surface area contributed by atoms with Crippen molar-refractivity contribution < 1.29 is 8.78 Å². The van der Waals surface area contributed by atoms with Crippen LogP contribution >= 0.6 is 0 Å². The number of aryl methyl sites for hydroxylation is 1. The predicted octanol–water partition coefficient (Wildman–Crippen LogP) is 3.94. The van der Waals surface area contributed by atoms with Gasteiger partial charge in [0.25, 0.3) is 0 Å². The fraction of sp³-hybridized carbons (Fsp3) is 0.294. The standard InChI is InChI=1S/C17H19F2N/c1-3-12-4-6-13(7-5-12)11-17(2,20)14-8-15(18)10-16(19)9-14/h4-10H,3,11,20H2,1-2H3. The zero-order valence-electron chi connectivity index (χ0n) is 11.8. The summed E-state index contributed by atoms with van der Waals surface area (Å²) in [5.41, 5.74) is 8.21. The molecule has 2 aromatic carbocycles. The Bertz CT molecular complexity index is 568. The van der Waals surface area contributed by atoms with Gasteiger partial charge in [0.15, 0.2) is 0 Å². The zero-order chi connectivity index (χ0) is 14.8. The summed E-state index contributed by atoms with van der Waals surface area (Å²) in [5.74, 6) is -1.20. The minimum atomic E-state index is -0.809. The van der Waals surface area contributed by atoms with Gasteiger partial charge in [0, 0.05) is 11.6 Å². The minimum absolute atomic E-state index is 0.467. The van der Waals surface area contributed by atoms with Crippen LogP contribution in [0.2, 0.25) is 0 Å². The molecule has 0 aromatic heterocycles. The monoisotopic (exact) mass is 275 g/mol. The smallest absolute Gasteiger partial charge is 0.126 e. The van der Waals surface area contributed by atoms with Gasteiger partial charge in [0.05, 0.1) is 0 Å². The Labute approximate surface area is 118 Å². The van der Waals surface area contributed by atoms with Gasteiger partial charge in [-0.3, -0.25) is 0 Å². The third-order valence-corrected chi connectivity index (χ3v) is 3.52. The van der Waals surface area contributed by atoms with E-state index in [4.69, 9.17) is 5.73 Å². The van der Waals surface area contributed by atoms with Crippen LogP contribution < -0.4 is 5.73 Å². The third kappa shape index (κ3) is 3.42. The number of benzene rings is 2. The molecule has 2 N–H and O–H groups in total. The van der Waals surface area contributed by atoms with Crippen molar-refractivity contribution in [3.05, 3.63) is 70.8 Å². The highest BCUT2D eigenvalue weighted by molar-refractivity contribution is 5.30. The summed E-state index contributed by atoms with van der Waals surface area (Å²) in [6.07, 6.45) is 1.51. The third-order valence-electron chi connectivity index (χ3n) is 3.52. The molecule has 1 atom stereocenters. The van der Waals surface area contributed by atoms with Crippen molar-refractivity contribution in [3.63, 3.8) is 0 Å². The Morgan fingerprint density at radius 2 is 1.45 bits per heavy atom. The molecule has 106 valence electrons. The Kier molecular flexibility index (Phi) is 4.19. The molecule has 0 aliphatic heterocycles. The Morgan fingerprint density at radius 3 is 1.95 bits per heavy atom. The first-order valence-corrected chi connectivity index (χ1v) is 6.74. The van der Waals surface area contributed by atoms with Gasteiger partial charge in [-0.1, -0.05) is 31.2 Å². The summed E-state index contributed by atoms with van der Waals surface area (Å²) < 4.78 is 26.6. The number of hydrogen-bond donors (Lipinski definition) is 1. The van der Waals surface area contributed by atoms with E-state index < -0.39 is 17.2 Å². The van der Waals surface area contributed by atoms with Crippen LogP contribution in [0.3, 0.4) is 0 Å². The van der Waals surface area contributed by atoms with Crippen molar-refractivity contribution in [2.45, 2.75) is 32.2 Å². The maximum absolute atomic E-state index is 13.3. The molecule has 0 radical (unpaired) electrons. The molecule has 0 aliphatic rings. The first-order chi connectivity index (χ1) is 9.40. The molecular weight excluding hydrogens is 256 g/mol. The van der Waals surface area contributed by atoms with Crippen molar-refractivity contribution in [2.24, 2.45) is 5.73 Å². The van der Waals surface area contributed by atoms with Gasteiger partial charge in [-0.15, -0.1) is 0 Å². The number of hydrogen-bond acceptors (Lipinski definition) is 1. The summed E-state index contributed by atoms with van der Waals surface area (Å²) in [6.45, 7) is 3.88. The van der Waals surface area contributed by atoms with Crippen LogP contribution in [0.25, 0.3) is 0 Å². The molecule has 0 heterocycles. The van der Waals surface area contributed by atoms with Crippen LogP contribution in [0, 0.1) is 11.6 Å². The summed E-state index contributed by atoms with van der Waals surface area (Å²) >= 11 is 0. The summed E-state index contributed by atoms with van der Waals surface area (Å²) in [5, 5.41) is 0. The van der Waals surface area contributed by atoms with Gasteiger partial charge in [-0.05, 0) is 48.6 Å². The molecular formula is C17H19F2N. The van der Waals surface area contributed by atoms with E-state index in [2.05, 4.69) is 19.1 Å². The van der Waals surface area contributed by atoms with E-state index >= 15 is 0 Å². The summed E-state index contributed by atoms with van der Waals surface area (Å²) in [6, 6.07) is 11.6. The van der Waals surface area contributed by atoms with E-state index in [9.17, 15) is 8.78 Å². The van der Waals surface area contributed by atoms with Gasteiger partial charge in [-0.2, -0.15) is 0 Å². The molecule has 0 saturated carbocycles. The zero-order valence-corrected chi connectivity index (χ0v) is 11.8. The normalized spacial score (nSPS) is 14.1. The lowest BCUT2D eigenvalue weighted by Crippen LogP contribution is -2.35. The van der Waals surface area contributed by atoms with E-state index in [1.807, 2.05) is 12.1 Å². The van der Waals surface area contributed by atoms with Crippen LogP contribution in [0.1, 0.15) is 30.5 Å². The molecule has 20 heavy (non-hydrogen) atoms. The van der Waals surface area contributed by atoms with Gasteiger partial charge in [0.2, 0.25) is 0 Å². The van der Waals surface area contributed by atoms with E-state index in [0.29, 0.717) is 12.0 Å². The van der Waals surface area contributed by atoms with Gasteiger partial charge >= 0.3 is 0 Å². The molecule has 2 aromatic rings. The largest absolute Gasteiger partial charge is 0.321 e.